The second-order valence-electron chi connectivity index (χ2n) is 4.01. The lowest BCUT2D eigenvalue weighted by Gasteiger charge is -2.04. The fraction of sp³-hybridized carbons (Fsp3) is 0.286. The van der Waals surface area contributed by atoms with Gasteiger partial charge in [-0.05, 0) is 19.4 Å². The first-order valence-electron chi connectivity index (χ1n) is 5.95. The Kier molecular flexibility index (Phi) is 3.77. The number of hydrogen-bond acceptors (Lipinski definition) is 3. The maximum Gasteiger partial charge on any atom is 0.358 e. The van der Waals surface area contributed by atoms with Crippen molar-refractivity contribution in [3.63, 3.8) is 0 Å². The van der Waals surface area contributed by atoms with Crippen molar-refractivity contribution in [2.45, 2.75) is 20.4 Å². The topological polar surface area (TPSA) is 44.1 Å². The van der Waals surface area contributed by atoms with Crippen LogP contribution in [0.4, 0.5) is 0 Å². The third-order valence-corrected chi connectivity index (χ3v) is 2.66. The lowest BCUT2D eigenvalue weighted by Crippen LogP contribution is -2.04. The zero-order chi connectivity index (χ0) is 13.0. The number of esters is 1. The normalized spacial score (nSPS) is 10.3. The Balaban J connectivity index is 2.17. The Labute approximate surface area is 106 Å². The molecular weight excluding hydrogens is 228 g/mol. The average Bonchev–Trinajstić information content (AvgIpc) is 2.73. The molecule has 0 unspecified atom stereocenters. The van der Waals surface area contributed by atoms with Crippen molar-refractivity contribution in [3.8, 4) is 0 Å². The van der Waals surface area contributed by atoms with Gasteiger partial charge in [0.25, 0.3) is 0 Å². The number of carbonyl (C=O) groups is 1. The van der Waals surface area contributed by atoms with Crippen LogP contribution in [0.1, 0.15) is 28.8 Å². The summed E-state index contributed by atoms with van der Waals surface area (Å²) in [6.07, 6.45) is 1.74. The summed E-state index contributed by atoms with van der Waals surface area (Å²) in [5.41, 5.74) is 1.54. The number of carbonyl (C=O) groups excluding carboxylic acids is 1. The van der Waals surface area contributed by atoms with Crippen LogP contribution in [0.15, 0.2) is 36.5 Å². The van der Waals surface area contributed by atoms with E-state index in [2.05, 4.69) is 4.98 Å². The van der Waals surface area contributed by atoms with Gasteiger partial charge in [0.2, 0.25) is 0 Å². The van der Waals surface area contributed by atoms with E-state index < -0.39 is 0 Å². The quantitative estimate of drug-likeness (QED) is 0.776. The number of rotatable bonds is 4. The van der Waals surface area contributed by atoms with Crippen LogP contribution in [-0.4, -0.2) is 22.1 Å². The predicted octanol–water partition coefficient (Wildman–Crippen LogP) is 2.42. The van der Waals surface area contributed by atoms with Crippen molar-refractivity contribution in [2.24, 2.45) is 0 Å². The first-order valence-corrected chi connectivity index (χ1v) is 5.95. The molecule has 2 rings (SSSR count). The molecular formula is C14H16N2O2. The fourth-order valence-electron chi connectivity index (χ4n) is 1.75. The monoisotopic (exact) mass is 244 g/mol. The highest BCUT2D eigenvalue weighted by molar-refractivity contribution is 5.87. The van der Waals surface area contributed by atoms with Crippen LogP contribution in [0.2, 0.25) is 0 Å². The van der Waals surface area contributed by atoms with E-state index in [1.807, 2.05) is 41.8 Å². The third kappa shape index (κ3) is 2.77. The Morgan fingerprint density at radius 2 is 2.06 bits per heavy atom. The summed E-state index contributed by atoms with van der Waals surface area (Å²) in [6.45, 7) is 4.74. The van der Waals surface area contributed by atoms with Crippen molar-refractivity contribution in [2.75, 3.05) is 6.61 Å². The molecule has 0 N–H and O–H groups in total. The molecule has 0 fully saturated rings. The van der Waals surface area contributed by atoms with Gasteiger partial charge in [0.1, 0.15) is 5.82 Å². The molecule has 0 radical (unpaired) electrons. The van der Waals surface area contributed by atoms with Gasteiger partial charge in [-0.2, -0.15) is 0 Å². The maximum atomic E-state index is 11.6. The number of nitrogens with zero attached hydrogens (tertiary/aromatic N) is 2. The van der Waals surface area contributed by atoms with Gasteiger partial charge in [0, 0.05) is 12.7 Å². The van der Waals surface area contributed by atoms with E-state index in [9.17, 15) is 4.79 Å². The molecule has 4 heteroatoms. The molecule has 0 amide bonds. The molecule has 4 nitrogen and oxygen atoms in total. The molecule has 94 valence electrons. The number of ether oxygens (including phenoxy) is 1. The minimum Gasteiger partial charge on any atom is -0.461 e. The zero-order valence-corrected chi connectivity index (χ0v) is 10.6. The zero-order valence-electron chi connectivity index (χ0n) is 10.6. The van der Waals surface area contributed by atoms with E-state index in [0.29, 0.717) is 18.8 Å². The molecule has 1 aromatic carbocycles. The van der Waals surface area contributed by atoms with Crippen LogP contribution in [-0.2, 0) is 11.3 Å². The van der Waals surface area contributed by atoms with E-state index in [0.717, 1.165) is 5.82 Å². The van der Waals surface area contributed by atoms with Gasteiger partial charge < -0.3 is 9.30 Å². The lowest BCUT2D eigenvalue weighted by atomic mass is 10.2. The Hall–Kier alpha value is -2.10. The molecule has 0 aliphatic carbocycles. The predicted molar refractivity (Wildman–Crippen MR) is 68.5 cm³/mol. The summed E-state index contributed by atoms with van der Waals surface area (Å²) in [4.78, 5) is 15.8. The average molecular weight is 244 g/mol. The van der Waals surface area contributed by atoms with Crippen LogP contribution in [0, 0.1) is 6.92 Å². The second-order valence-corrected chi connectivity index (χ2v) is 4.01. The van der Waals surface area contributed by atoms with Gasteiger partial charge in [-0.25, -0.2) is 9.78 Å². The largest absolute Gasteiger partial charge is 0.461 e. The number of imidazole rings is 1. The SMILES string of the molecule is CCOC(=O)c1cn(Cc2ccccc2)c(C)n1. The summed E-state index contributed by atoms with van der Waals surface area (Å²) < 4.78 is 6.88. The molecule has 1 aromatic heterocycles. The Morgan fingerprint density at radius 3 is 2.72 bits per heavy atom. The number of hydrogen-bond donors (Lipinski definition) is 0. The van der Waals surface area contributed by atoms with Gasteiger partial charge in [0.05, 0.1) is 6.61 Å². The van der Waals surface area contributed by atoms with E-state index in [1.165, 1.54) is 5.56 Å². The summed E-state index contributed by atoms with van der Waals surface area (Å²) >= 11 is 0. The molecule has 0 bridgehead atoms. The Morgan fingerprint density at radius 1 is 1.33 bits per heavy atom. The molecule has 0 aliphatic heterocycles. The van der Waals surface area contributed by atoms with Crippen LogP contribution < -0.4 is 0 Å². The summed E-state index contributed by atoms with van der Waals surface area (Å²) in [5.74, 6) is 0.439. The highest BCUT2D eigenvalue weighted by Crippen LogP contribution is 2.08. The molecule has 0 saturated heterocycles. The smallest absolute Gasteiger partial charge is 0.358 e. The fourth-order valence-corrected chi connectivity index (χ4v) is 1.75. The third-order valence-electron chi connectivity index (χ3n) is 2.66. The molecule has 0 aliphatic rings. The second kappa shape index (κ2) is 5.49. The molecule has 0 atom stereocenters. The first kappa shape index (κ1) is 12.4. The molecule has 1 heterocycles. The molecule has 18 heavy (non-hydrogen) atoms. The van der Waals surface area contributed by atoms with Crippen molar-refractivity contribution in [3.05, 3.63) is 53.6 Å². The maximum absolute atomic E-state index is 11.6. The van der Waals surface area contributed by atoms with Crippen molar-refractivity contribution in [1.82, 2.24) is 9.55 Å². The van der Waals surface area contributed by atoms with Crippen LogP contribution in [0.5, 0.6) is 0 Å². The highest BCUT2D eigenvalue weighted by Gasteiger charge is 2.12. The number of benzene rings is 1. The standard InChI is InChI=1S/C14H16N2O2/c1-3-18-14(17)13-10-16(11(2)15-13)9-12-7-5-4-6-8-12/h4-8,10H,3,9H2,1-2H3. The molecule has 0 spiro atoms. The van der Waals surface area contributed by atoms with Crippen molar-refractivity contribution < 1.29 is 9.53 Å². The summed E-state index contributed by atoms with van der Waals surface area (Å²) in [5, 5.41) is 0. The summed E-state index contributed by atoms with van der Waals surface area (Å²) in [7, 11) is 0. The number of aryl methyl sites for hydroxylation is 1. The van der Waals surface area contributed by atoms with Crippen LogP contribution in [0.25, 0.3) is 0 Å². The van der Waals surface area contributed by atoms with Gasteiger partial charge in [0.15, 0.2) is 5.69 Å². The van der Waals surface area contributed by atoms with Gasteiger partial charge >= 0.3 is 5.97 Å². The summed E-state index contributed by atoms with van der Waals surface area (Å²) in [6, 6.07) is 10.1. The van der Waals surface area contributed by atoms with E-state index in [-0.39, 0.29) is 5.97 Å². The van der Waals surface area contributed by atoms with Crippen LogP contribution >= 0.6 is 0 Å². The highest BCUT2D eigenvalue weighted by atomic mass is 16.5. The molecule has 2 aromatic rings. The van der Waals surface area contributed by atoms with E-state index >= 15 is 0 Å². The van der Waals surface area contributed by atoms with Crippen LogP contribution in [0.3, 0.4) is 0 Å². The molecule has 0 saturated carbocycles. The number of aromatic nitrogens is 2. The van der Waals surface area contributed by atoms with E-state index in [1.54, 1.807) is 13.1 Å². The van der Waals surface area contributed by atoms with Gasteiger partial charge in [-0.15, -0.1) is 0 Å². The van der Waals surface area contributed by atoms with Gasteiger partial charge in [-0.1, -0.05) is 30.3 Å². The minimum absolute atomic E-state index is 0.365. The first-order chi connectivity index (χ1) is 8.70. The minimum atomic E-state index is -0.368. The van der Waals surface area contributed by atoms with Gasteiger partial charge in [-0.3, -0.25) is 0 Å². The van der Waals surface area contributed by atoms with E-state index in [4.69, 9.17) is 4.74 Å². The lowest BCUT2D eigenvalue weighted by molar-refractivity contribution is 0.0520. The van der Waals surface area contributed by atoms with Crippen molar-refractivity contribution in [1.29, 1.82) is 0 Å². The Bertz CT molecular complexity index is 532. The van der Waals surface area contributed by atoms with Crippen molar-refractivity contribution >= 4 is 5.97 Å².